The fourth-order valence-corrected chi connectivity index (χ4v) is 2.59. The monoisotopic (exact) mass is 267 g/mol. The van der Waals surface area contributed by atoms with Crippen LogP contribution < -0.4 is 11.5 Å². The third kappa shape index (κ3) is 4.13. The van der Waals surface area contributed by atoms with Gasteiger partial charge in [-0.25, -0.2) is 0 Å². The molecule has 1 saturated carbocycles. The van der Waals surface area contributed by atoms with Crippen molar-refractivity contribution < 1.29 is 18.0 Å². The molecule has 1 aliphatic carbocycles. The average Bonchev–Trinajstić information content (AvgIpc) is 2.74. The van der Waals surface area contributed by atoms with Crippen LogP contribution in [0.1, 0.15) is 32.1 Å². The molecular formula is C11H20F3N3O. The van der Waals surface area contributed by atoms with Crippen molar-refractivity contribution in [3.8, 4) is 0 Å². The lowest BCUT2D eigenvalue weighted by atomic mass is 10.1. The number of carbonyl (C=O) groups excluding carboxylic acids is 1. The quantitative estimate of drug-likeness (QED) is 0.754. The zero-order chi connectivity index (χ0) is 13.8. The first-order valence-electron chi connectivity index (χ1n) is 6.17. The number of carbonyl (C=O) groups is 1. The van der Waals surface area contributed by atoms with Crippen molar-refractivity contribution in [3.63, 3.8) is 0 Å². The standard InChI is InChI=1S/C11H20F3N3O/c12-11(13,14)9(5-6-15)17(7-10(16)18)8-3-1-2-4-8/h8-9H,1-7,15H2,(H2,16,18). The van der Waals surface area contributed by atoms with E-state index in [1.165, 1.54) is 4.90 Å². The number of primary amides is 1. The summed E-state index contributed by atoms with van der Waals surface area (Å²) in [6, 6.07) is -1.88. The number of alkyl halides is 3. The lowest BCUT2D eigenvalue weighted by Crippen LogP contribution is -2.53. The van der Waals surface area contributed by atoms with E-state index in [1.54, 1.807) is 0 Å². The highest BCUT2D eigenvalue weighted by Crippen LogP contribution is 2.33. The molecule has 1 amide bonds. The minimum Gasteiger partial charge on any atom is -0.369 e. The minimum absolute atomic E-state index is 0.0633. The summed E-state index contributed by atoms with van der Waals surface area (Å²) in [4.78, 5) is 12.2. The number of nitrogens with zero attached hydrogens (tertiary/aromatic N) is 1. The Balaban J connectivity index is 2.85. The molecule has 0 saturated heterocycles. The van der Waals surface area contributed by atoms with Gasteiger partial charge in [0, 0.05) is 6.04 Å². The molecule has 0 radical (unpaired) electrons. The topological polar surface area (TPSA) is 72.3 Å². The van der Waals surface area contributed by atoms with E-state index < -0.39 is 18.1 Å². The van der Waals surface area contributed by atoms with E-state index in [-0.39, 0.29) is 25.6 Å². The molecular weight excluding hydrogens is 247 g/mol. The number of hydrogen-bond acceptors (Lipinski definition) is 3. The lowest BCUT2D eigenvalue weighted by Gasteiger charge is -2.36. The van der Waals surface area contributed by atoms with Crippen LogP contribution in [-0.2, 0) is 4.79 Å². The minimum atomic E-state index is -4.38. The summed E-state index contributed by atoms with van der Waals surface area (Å²) in [6.45, 7) is -0.416. The van der Waals surface area contributed by atoms with Crippen LogP contribution in [-0.4, -0.2) is 42.2 Å². The number of hydrogen-bond donors (Lipinski definition) is 2. The van der Waals surface area contributed by atoms with Crippen molar-refractivity contribution >= 4 is 5.91 Å². The Bertz CT molecular complexity index is 277. The van der Waals surface area contributed by atoms with Gasteiger partial charge < -0.3 is 11.5 Å². The molecule has 7 heteroatoms. The summed E-state index contributed by atoms with van der Waals surface area (Å²) in [5, 5.41) is 0. The van der Waals surface area contributed by atoms with Crippen LogP contribution in [0.3, 0.4) is 0 Å². The Morgan fingerprint density at radius 1 is 1.33 bits per heavy atom. The Kier molecular flexibility index (Phi) is 5.40. The summed E-state index contributed by atoms with van der Waals surface area (Å²) in [5.74, 6) is -0.729. The molecule has 1 atom stereocenters. The molecule has 0 aromatic heterocycles. The van der Waals surface area contributed by atoms with E-state index in [2.05, 4.69) is 0 Å². The third-order valence-corrected chi connectivity index (χ3v) is 3.35. The average molecular weight is 267 g/mol. The second-order valence-corrected chi connectivity index (χ2v) is 4.71. The summed E-state index contributed by atoms with van der Waals surface area (Å²) in [7, 11) is 0. The molecule has 0 aromatic rings. The predicted molar refractivity (Wildman–Crippen MR) is 61.7 cm³/mol. The molecule has 1 aliphatic rings. The van der Waals surface area contributed by atoms with Gasteiger partial charge in [-0.1, -0.05) is 12.8 Å². The van der Waals surface area contributed by atoms with Crippen LogP contribution in [0.4, 0.5) is 13.2 Å². The molecule has 4 N–H and O–H groups in total. The molecule has 18 heavy (non-hydrogen) atoms. The molecule has 1 unspecified atom stereocenters. The molecule has 4 nitrogen and oxygen atoms in total. The lowest BCUT2D eigenvalue weighted by molar-refractivity contribution is -0.191. The van der Waals surface area contributed by atoms with Crippen LogP contribution in [0, 0.1) is 0 Å². The number of rotatable bonds is 6. The molecule has 1 fully saturated rings. The molecule has 0 bridgehead atoms. The normalized spacial score (nSPS) is 19.4. The third-order valence-electron chi connectivity index (χ3n) is 3.35. The molecule has 0 aromatic carbocycles. The van der Waals surface area contributed by atoms with Crippen molar-refractivity contribution in [3.05, 3.63) is 0 Å². The Labute approximate surface area is 104 Å². The van der Waals surface area contributed by atoms with Crippen molar-refractivity contribution in [1.29, 1.82) is 0 Å². The van der Waals surface area contributed by atoms with Gasteiger partial charge in [0.15, 0.2) is 0 Å². The number of nitrogens with two attached hydrogens (primary N) is 2. The van der Waals surface area contributed by atoms with Crippen molar-refractivity contribution in [1.82, 2.24) is 4.90 Å². The first kappa shape index (κ1) is 15.2. The summed E-state index contributed by atoms with van der Waals surface area (Å²) in [5.41, 5.74) is 10.3. The van der Waals surface area contributed by atoms with E-state index in [0.717, 1.165) is 12.8 Å². The Morgan fingerprint density at radius 2 is 1.89 bits per heavy atom. The number of halogens is 3. The molecule has 1 rings (SSSR count). The van der Waals surface area contributed by atoms with Gasteiger partial charge in [0.2, 0.25) is 5.91 Å². The Morgan fingerprint density at radius 3 is 2.28 bits per heavy atom. The maximum atomic E-state index is 13.0. The first-order valence-corrected chi connectivity index (χ1v) is 6.17. The predicted octanol–water partition coefficient (Wildman–Crippen LogP) is 0.996. The van der Waals surface area contributed by atoms with Crippen LogP contribution in [0.2, 0.25) is 0 Å². The smallest absolute Gasteiger partial charge is 0.369 e. The van der Waals surface area contributed by atoms with Crippen LogP contribution in [0.25, 0.3) is 0 Å². The van der Waals surface area contributed by atoms with Gasteiger partial charge >= 0.3 is 6.18 Å². The molecule has 0 aliphatic heterocycles. The van der Waals surface area contributed by atoms with E-state index in [9.17, 15) is 18.0 Å². The maximum Gasteiger partial charge on any atom is 0.404 e. The fourth-order valence-electron chi connectivity index (χ4n) is 2.59. The van der Waals surface area contributed by atoms with Gasteiger partial charge in [-0.3, -0.25) is 9.69 Å². The van der Waals surface area contributed by atoms with Gasteiger partial charge in [-0.2, -0.15) is 13.2 Å². The van der Waals surface area contributed by atoms with Crippen LogP contribution >= 0.6 is 0 Å². The van der Waals surface area contributed by atoms with Crippen LogP contribution in [0.15, 0.2) is 0 Å². The summed E-state index contributed by atoms with van der Waals surface area (Å²) in [6.07, 6.45) is -1.42. The van der Waals surface area contributed by atoms with E-state index >= 15 is 0 Å². The molecule has 0 spiro atoms. The van der Waals surface area contributed by atoms with Gasteiger partial charge in [0.25, 0.3) is 0 Å². The second-order valence-electron chi connectivity index (χ2n) is 4.71. The summed E-state index contributed by atoms with van der Waals surface area (Å²) >= 11 is 0. The van der Waals surface area contributed by atoms with Crippen molar-refractivity contribution in [2.45, 2.75) is 50.4 Å². The van der Waals surface area contributed by atoms with Gasteiger partial charge in [-0.05, 0) is 25.8 Å². The molecule has 0 heterocycles. The first-order chi connectivity index (χ1) is 8.36. The van der Waals surface area contributed by atoms with Crippen molar-refractivity contribution in [2.24, 2.45) is 11.5 Å². The van der Waals surface area contributed by atoms with Gasteiger partial charge in [0.05, 0.1) is 6.54 Å². The van der Waals surface area contributed by atoms with Gasteiger partial charge in [-0.15, -0.1) is 0 Å². The van der Waals surface area contributed by atoms with Crippen molar-refractivity contribution in [2.75, 3.05) is 13.1 Å². The van der Waals surface area contributed by atoms with E-state index in [0.29, 0.717) is 12.8 Å². The fraction of sp³-hybridized carbons (Fsp3) is 0.909. The Hall–Kier alpha value is -0.820. The second kappa shape index (κ2) is 6.38. The van der Waals surface area contributed by atoms with Gasteiger partial charge in [0.1, 0.15) is 6.04 Å². The summed E-state index contributed by atoms with van der Waals surface area (Å²) < 4.78 is 39.0. The van der Waals surface area contributed by atoms with E-state index in [1.807, 2.05) is 0 Å². The van der Waals surface area contributed by atoms with Crippen LogP contribution in [0.5, 0.6) is 0 Å². The number of amides is 1. The largest absolute Gasteiger partial charge is 0.404 e. The zero-order valence-corrected chi connectivity index (χ0v) is 10.2. The molecule has 106 valence electrons. The highest BCUT2D eigenvalue weighted by molar-refractivity contribution is 5.76. The highest BCUT2D eigenvalue weighted by Gasteiger charge is 2.45. The van der Waals surface area contributed by atoms with E-state index in [4.69, 9.17) is 11.5 Å². The zero-order valence-electron chi connectivity index (χ0n) is 10.2. The SMILES string of the molecule is NCCC(N(CC(N)=O)C1CCCC1)C(F)(F)F. The highest BCUT2D eigenvalue weighted by atomic mass is 19.4. The maximum absolute atomic E-state index is 13.0.